The summed E-state index contributed by atoms with van der Waals surface area (Å²) < 4.78 is 1.86. The van der Waals surface area contributed by atoms with Gasteiger partial charge in [-0.3, -0.25) is 4.40 Å². The number of fused-ring (bicyclic) bond motifs is 1. The number of benzene rings is 2. The second kappa shape index (κ2) is 7.82. The van der Waals surface area contributed by atoms with Crippen LogP contribution in [0, 0.1) is 0 Å². The number of phenolic OH excluding ortho intramolecular Hbond substituents is 1. The Hall–Kier alpha value is -3.19. The van der Waals surface area contributed by atoms with Gasteiger partial charge in [0, 0.05) is 26.5 Å². The number of azide groups is 1. The van der Waals surface area contributed by atoms with Gasteiger partial charge in [-0.05, 0) is 47.5 Å². The lowest BCUT2D eigenvalue weighted by molar-refractivity contribution is 0.475. The van der Waals surface area contributed by atoms with Gasteiger partial charge in [-0.25, -0.2) is 0 Å². The minimum atomic E-state index is 0.0930. The zero-order valence-corrected chi connectivity index (χ0v) is 16.0. The Morgan fingerprint density at radius 3 is 2.82 bits per heavy atom. The van der Waals surface area contributed by atoms with Crippen molar-refractivity contribution in [3.05, 3.63) is 81.8 Å². The van der Waals surface area contributed by atoms with Crippen LogP contribution in [0.25, 0.3) is 27.5 Å². The molecule has 0 saturated heterocycles. The van der Waals surface area contributed by atoms with E-state index in [0.717, 1.165) is 15.4 Å². The second-order valence-electron chi connectivity index (χ2n) is 5.88. The maximum atomic E-state index is 9.58. The van der Waals surface area contributed by atoms with Gasteiger partial charge < -0.3 is 5.11 Å². The summed E-state index contributed by atoms with van der Waals surface area (Å²) in [6.07, 6.45) is 1.93. The average molecular weight is 409 g/mol. The first kappa shape index (κ1) is 18.2. The van der Waals surface area contributed by atoms with E-state index in [1.54, 1.807) is 23.9 Å². The molecule has 2 heterocycles. The third-order valence-electron chi connectivity index (χ3n) is 4.07. The van der Waals surface area contributed by atoms with Crippen LogP contribution >= 0.6 is 23.4 Å². The maximum absolute atomic E-state index is 9.58. The summed E-state index contributed by atoms with van der Waals surface area (Å²) in [5.74, 6) is 0.681. The minimum absolute atomic E-state index is 0.0930. The Balaban J connectivity index is 1.74. The number of pyridine rings is 1. The van der Waals surface area contributed by atoms with Crippen molar-refractivity contribution < 1.29 is 5.11 Å². The molecule has 0 fully saturated rings. The first-order valence-corrected chi connectivity index (χ1v) is 9.45. The molecule has 7 nitrogen and oxygen atoms in total. The van der Waals surface area contributed by atoms with Crippen LogP contribution in [-0.4, -0.2) is 19.7 Å². The Morgan fingerprint density at radius 2 is 2.00 bits per heavy atom. The number of nitrogens with zero attached hydrogens (tertiary/aromatic N) is 6. The molecule has 0 aliphatic rings. The van der Waals surface area contributed by atoms with Crippen molar-refractivity contribution in [3.63, 3.8) is 0 Å². The van der Waals surface area contributed by atoms with Crippen molar-refractivity contribution in [2.45, 2.75) is 16.3 Å². The Kier molecular flexibility index (Phi) is 5.08. The van der Waals surface area contributed by atoms with Gasteiger partial charge >= 0.3 is 0 Å². The van der Waals surface area contributed by atoms with Crippen LogP contribution in [-0.2, 0) is 6.54 Å². The van der Waals surface area contributed by atoms with Crippen molar-refractivity contribution in [1.29, 1.82) is 0 Å². The van der Waals surface area contributed by atoms with Crippen LogP contribution in [0.4, 0.5) is 0 Å². The highest BCUT2D eigenvalue weighted by atomic mass is 35.5. The SMILES string of the molecule is [N-]=[N+]=NCc1ccccc1Sc1ccc2nnc(-c3ccc(O)cc3Cl)n2c1. The quantitative estimate of drug-likeness (QED) is 0.259. The monoisotopic (exact) mass is 408 g/mol. The molecule has 0 radical (unpaired) electrons. The third-order valence-corrected chi connectivity index (χ3v) is 5.48. The highest BCUT2D eigenvalue weighted by molar-refractivity contribution is 7.99. The van der Waals surface area contributed by atoms with Gasteiger partial charge in [-0.1, -0.05) is 46.7 Å². The summed E-state index contributed by atoms with van der Waals surface area (Å²) in [6, 6.07) is 16.4. The predicted molar refractivity (Wildman–Crippen MR) is 109 cm³/mol. The normalized spacial score (nSPS) is 10.8. The summed E-state index contributed by atoms with van der Waals surface area (Å²) in [4.78, 5) is 4.81. The van der Waals surface area contributed by atoms with E-state index in [-0.39, 0.29) is 5.75 Å². The van der Waals surface area contributed by atoms with Crippen LogP contribution in [0.2, 0.25) is 5.02 Å². The van der Waals surface area contributed by atoms with E-state index in [4.69, 9.17) is 17.1 Å². The molecule has 0 bridgehead atoms. The van der Waals surface area contributed by atoms with E-state index >= 15 is 0 Å². The number of phenols is 1. The third kappa shape index (κ3) is 3.61. The molecule has 0 aliphatic carbocycles. The van der Waals surface area contributed by atoms with Crippen molar-refractivity contribution in [1.82, 2.24) is 14.6 Å². The van der Waals surface area contributed by atoms with E-state index in [0.29, 0.717) is 28.6 Å². The Morgan fingerprint density at radius 1 is 1.14 bits per heavy atom. The largest absolute Gasteiger partial charge is 0.508 e. The summed E-state index contributed by atoms with van der Waals surface area (Å²) in [7, 11) is 0. The fourth-order valence-electron chi connectivity index (χ4n) is 2.77. The van der Waals surface area contributed by atoms with Gasteiger partial charge in [0.05, 0.1) is 11.6 Å². The number of hydrogen-bond acceptors (Lipinski definition) is 5. The molecule has 4 rings (SSSR count). The summed E-state index contributed by atoms with van der Waals surface area (Å²) in [5, 5.41) is 22.1. The summed E-state index contributed by atoms with van der Waals surface area (Å²) in [5.41, 5.74) is 10.9. The number of aromatic hydroxyl groups is 1. The van der Waals surface area contributed by atoms with Gasteiger partial charge in [-0.15, -0.1) is 10.2 Å². The first-order chi connectivity index (χ1) is 13.7. The smallest absolute Gasteiger partial charge is 0.169 e. The number of aromatic nitrogens is 3. The lowest BCUT2D eigenvalue weighted by Crippen LogP contribution is -1.91. The average Bonchev–Trinajstić information content (AvgIpc) is 3.10. The number of rotatable bonds is 5. The van der Waals surface area contributed by atoms with Gasteiger partial charge in [0.25, 0.3) is 0 Å². The molecule has 1 N–H and O–H groups in total. The minimum Gasteiger partial charge on any atom is -0.508 e. The molecule has 2 aromatic carbocycles. The number of halogens is 1. The lowest BCUT2D eigenvalue weighted by atomic mass is 10.2. The molecule has 0 aliphatic heterocycles. The van der Waals surface area contributed by atoms with Crippen LogP contribution in [0.5, 0.6) is 5.75 Å². The van der Waals surface area contributed by atoms with E-state index in [1.807, 2.05) is 47.0 Å². The predicted octanol–water partition coefficient (Wildman–Crippen LogP) is 5.72. The number of hydrogen-bond donors (Lipinski definition) is 1. The van der Waals surface area contributed by atoms with Crippen molar-refractivity contribution in [3.8, 4) is 17.1 Å². The maximum Gasteiger partial charge on any atom is 0.169 e. The summed E-state index contributed by atoms with van der Waals surface area (Å²) >= 11 is 7.83. The highest BCUT2D eigenvalue weighted by Gasteiger charge is 2.13. The molecular weight excluding hydrogens is 396 g/mol. The molecule has 4 aromatic rings. The molecule has 28 heavy (non-hydrogen) atoms. The molecular formula is C19H13ClN6OS. The lowest BCUT2D eigenvalue weighted by Gasteiger charge is -2.08. The molecule has 0 spiro atoms. The zero-order valence-electron chi connectivity index (χ0n) is 14.4. The van der Waals surface area contributed by atoms with Gasteiger partial charge in [0.2, 0.25) is 0 Å². The Labute approximate surface area is 169 Å². The van der Waals surface area contributed by atoms with Gasteiger partial charge in [-0.2, -0.15) is 0 Å². The fourth-order valence-corrected chi connectivity index (χ4v) is 3.99. The van der Waals surface area contributed by atoms with Crippen LogP contribution in [0.1, 0.15) is 5.56 Å². The molecule has 0 saturated carbocycles. The fraction of sp³-hybridized carbons (Fsp3) is 0.0526. The molecule has 138 valence electrons. The highest BCUT2D eigenvalue weighted by Crippen LogP contribution is 2.33. The molecule has 0 unspecified atom stereocenters. The molecule has 9 heteroatoms. The molecule has 0 atom stereocenters. The molecule has 2 aromatic heterocycles. The van der Waals surface area contributed by atoms with Gasteiger partial charge in [0.15, 0.2) is 11.5 Å². The Bertz CT molecular complexity index is 1220. The standard InChI is InChI=1S/C19H13ClN6OS/c20-16-9-13(27)5-7-15(16)19-24-23-18-8-6-14(11-26(18)19)28-17-4-2-1-3-12(17)10-22-25-21/h1-9,11,27H,10H2. The van der Waals surface area contributed by atoms with Crippen LogP contribution in [0.15, 0.2) is 75.7 Å². The topological polar surface area (TPSA) is 99.2 Å². The van der Waals surface area contributed by atoms with E-state index in [9.17, 15) is 5.11 Å². The van der Waals surface area contributed by atoms with Gasteiger partial charge in [0.1, 0.15) is 5.75 Å². The van der Waals surface area contributed by atoms with Crippen molar-refractivity contribution >= 4 is 29.0 Å². The summed E-state index contributed by atoms with van der Waals surface area (Å²) in [6.45, 7) is 0.295. The zero-order chi connectivity index (χ0) is 19.5. The van der Waals surface area contributed by atoms with E-state index < -0.39 is 0 Å². The van der Waals surface area contributed by atoms with Crippen LogP contribution in [0.3, 0.4) is 0 Å². The van der Waals surface area contributed by atoms with Crippen molar-refractivity contribution in [2.75, 3.05) is 0 Å². The van der Waals surface area contributed by atoms with E-state index in [2.05, 4.69) is 20.2 Å². The van der Waals surface area contributed by atoms with E-state index in [1.165, 1.54) is 6.07 Å². The van der Waals surface area contributed by atoms with Crippen LogP contribution < -0.4 is 0 Å². The van der Waals surface area contributed by atoms with Crippen molar-refractivity contribution in [2.24, 2.45) is 5.11 Å². The first-order valence-electron chi connectivity index (χ1n) is 8.26. The molecule has 0 amide bonds. The second-order valence-corrected chi connectivity index (χ2v) is 7.40.